The van der Waals surface area contributed by atoms with E-state index in [1.165, 1.54) is 146 Å². The summed E-state index contributed by atoms with van der Waals surface area (Å²) in [4.78, 5) is 26.2. The number of unbranched alkanes of at least 4 members (excludes halogenated alkanes) is 28. The summed E-state index contributed by atoms with van der Waals surface area (Å²) in [6.45, 7) is 0.544. The van der Waals surface area contributed by atoms with Crippen molar-refractivity contribution in [1.82, 2.24) is 15.0 Å². The van der Waals surface area contributed by atoms with Gasteiger partial charge in [-0.05, 0) is 12.8 Å². The summed E-state index contributed by atoms with van der Waals surface area (Å²) in [6.07, 6.45) is 31.8. The Kier molecular flexibility index (Phi) is 56.0. The van der Waals surface area contributed by atoms with Crippen LogP contribution in [0.5, 0.6) is 0 Å². The van der Waals surface area contributed by atoms with Gasteiger partial charge in [-0.15, -0.1) is 5.10 Å². The molecule has 1 heterocycles. The van der Waals surface area contributed by atoms with Crippen molar-refractivity contribution in [2.24, 2.45) is 0 Å². The molecule has 8 N–H and O–H groups in total. The Morgan fingerprint density at radius 2 is 0.671 bits per heavy atom. The van der Waals surface area contributed by atoms with E-state index >= 15 is 0 Å². The maximum atomic E-state index is 13.1. The van der Waals surface area contributed by atoms with Crippen LogP contribution in [0.15, 0.2) is 6.20 Å². The highest BCUT2D eigenvalue weighted by atomic mass is 16.6. The van der Waals surface area contributed by atoms with Crippen molar-refractivity contribution in [3.63, 3.8) is 0 Å². The molecule has 502 valence electrons. The molecule has 0 aliphatic rings. The molecular formula is C63H121N3O19. The fraction of sp³-hybridized carbons (Fsp3) is 0.937. The number of hydrogen-bond donors (Lipinski definition) is 8. The summed E-state index contributed by atoms with van der Waals surface area (Å²) in [5, 5.41) is 85.3. The number of nitrogens with zero attached hydrogens (tertiary/aromatic N) is 3. The average Bonchev–Trinajstić information content (AvgIpc) is 4.17. The molecule has 0 aliphatic carbocycles. The molecule has 4 atom stereocenters. The van der Waals surface area contributed by atoms with Gasteiger partial charge in [-0.1, -0.05) is 199 Å². The molecule has 0 radical (unpaired) electrons. The number of hydrogen-bond acceptors (Lipinski definition) is 21. The van der Waals surface area contributed by atoms with Crippen LogP contribution in [0.25, 0.3) is 0 Å². The van der Waals surface area contributed by atoms with Crippen LogP contribution >= 0.6 is 0 Å². The van der Waals surface area contributed by atoms with Crippen LogP contribution in [-0.4, -0.2) is 216 Å². The first kappa shape index (κ1) is 80.5. The SMILES string of the molecule is CCCCCCCCCCCCCCCCCC(=O)OCC(COC(=O)CCCCCCCCCCCCCCCCC)n1cc(COC(COC(COCC(O)CO)COCC(O)CO)COC(COCC(O)CO)COCC(O)CO)nn1. The second kappa shape index (κ2) is 59.1. The standard InChI is InChI=1S/C63H121N3O19/c1-3-5-7-9-11-13-15-17-19-21-23-25-27-29-31-33-62(75)84-41-54(42-85-63(76)34-32-30-28-26-24-22-20-18-16-14-12-10-8-6-4-2)66-35-53(64-65-66)40-81-61(51-82-59(47-77-43-55(71)36-67)48-78-44-56(72)37-68)52-83-60(49-79-45-57(73)38-69)50-80-46-58(74)39-70/h35,54-61,67-74H,3-34,36-52H2,1-2H3. The van der Waals surface area contributed by atoms with Gasteiger partial charge in [-0.3, -0.25) is 9.59 Å². The summed E-state index contributed by atoms with van der Waals surface area (Å²) in [5.41, 5.74) is 0.363. The Balaban J connectivity index is 3.05. The first-order chi connectivity index (χ1) is 41.5. The van der Waals surface area contributed by atoms with Gasteiger partial charge < -0.3 is 83.5 Å². The summed E-state index contributed by atoms with van der Waals surface area (Å²) in [7, 11) is 0. The predicted molar refractivity (Wildman–Crippen MR) is 324 cm³/mol. The topological polar surface area (TPSA) is 310 Å². The Morgan fingerprint density at radius 1 is 0.388 bits per heavy atom. The molecule has 1 aromatic rings. The first-order valence-electron chi connectivity index (χ1n) is 33.0. The third-order valence-corrected chi connectivity index (χ3v) is 14.6. The fourth-order valence-electron chi connectivity index (χ4n) is 9.24. The van der Waals surface area contributed by atoms with E-state index < -0.39 is 75.2 Å². The summed E-state index contributed by atoms with van der Waals surface area (Å²) in [6, 6.07) is -0.692. The van der Waals surface area contributed by atoms with Gasteiger partial charge in [0.15, 0.2) is 0 Å². The zero-order chi connectivity index (χ0) is 62.1. The molecule has 1 rings (SSSR count). The molecular weight excluding hydrogens is 1100 g/mol. The minimum Gasteiger partial charge on any atom is -0.463 e. The molecule has 22 nitrogen and oxygen atoms in total. The Bertz CT molecular complexity index is 1480. The van der Waals surface area contributed by atoms with Gasteiger partial charge >= 0.3 is 11.9 Å². The van der Waals surface area contributed by atoms with Crippen molar-refractivity contribution in [2.75, 3.05) is 106 Å². The van der Waals surface area contributed by atoms with Crippen LogP contribution in [0.2, 0.25) is 0 Å². The third-order valence-electron chi connectivity index (χ3n) is 14.6. The van der Waals surface area contributed by atoms with Gasteiger partial charge in [0.25, 0.3) is 0 Å². The van der Waals surface area contributed by atoms with Crippen molar-refractivity contribution in [3.05, 3.63) is 11.9 Å². The first-order valence-corrected chi connectivity index (χ1v) is 33.0. The Labute approximate surface area is 510 Å². The van der Waals surface area contributed by atoms with E-state index in [2.05, 4.69) is 24.2 Å². The lowest BCUT2D eigenvalue weighted by molar-refractivity contribution is -0.148. The van der Waals surface area contributed by atoms with Gasteiger partial charge in [-0.25, -0.2) is 4.68 Å². The summed E-state index contributed by atoms with van der Waals surface area (Å²) >= 11 is 0. The van der Waals surface area contributed by atoms with E-state index in [0.717, 1.165) is 51.4 Å². The molecule has 0 bridgehead atoms. The Morgan fingerprint density at radius 3 is 0.965 bits per heavy atom. The zero-order valence-electron chi connectivity index (χ0n) is 52.8. The smallest absolute Gasteiger partial charge is 0.305 e. The van der Waals surface area contributed by atoms with E-state index in [0.29, 0.717) is 5.69 Å². The Hall–Kier alpha value is -2.52. The number of aromatic nitrogens is 3. The number of carbonyl (C=O) groups excluding carboxylic acids is 2. The average molecular weight is 1220 g/mol. The molecule has 85 heavy (non-hydrogen) atoms. The van der Waals surface area contributed by atoms with Gasteiger partial charge in [0.1, 0.15) is 67.7 Å². The molecule has 0 aliphatic heterocycles. The van der Waals surface area contributed by atoms with Crippen molar-refractivity contribution >= 4 is 11.9 Å². The molecule has 0 saturated carbocycles. The predicted octanol–water partition coefficient (Wildman–Crippen LogP) is 7.56. The maximum Gasteiger partial charge on any atom is 0.305 e. The summed E-state index contributed by atoms with van der Waals surface area (Å²) in [5.74, 6) is -0.691. The lowest BCUT2D eigenvalue weighted by atomic mass is 10.0. The molecule has 0 fully saturated rings. The number of rotatable bonds is 66. The fourth-order valence-corrected chi connectivity index (χ4v) is 9.24. The van der Waals surface area contributed by atoms with Crippen molar-refractivity contribution in [1.29, 1.82) is 0 Å². The van der Waals surface area contributed by atoms with E-state index in [9.17, 15) is 50.4 Å². The number of ether oxygens (including phenoxy) is 9. The van der Waals surface area contributed by atoms with Gasteiger partial charge in [0, 0.05) is 12.8 Å². The van der Waals surface area contributed by atoms with Crippen LogP contribution in [0.3, 0.4) is 0 Å². The highest BCUT2D eigenvalue weighted by Crippen LogP contribution is 2.18. The minimum atomic E-state index is -1.14. The maximum absolute atomic E-state index is 13.1. The van der Waals surface area contributed by atoms with Crippen LogP contribution in [0.1, 0.15) is 231 Å². The normalized spacial score (nSPS) is 14.4. The molecule has 0 spiro atoms. The third kappa shape index (κ3) is 50.0. The lowest BCUT2D eigenvalue weighted by Gasteiger charge is -2.25. The van der Waals surface area contributed by atoms with Crippen LogP contribution in [0, 0.1) is 0 Å². The highest BCUT2D eigenvalue weighted by Gasteiger charge is 2.23. The molecule has 22 heteroatoms. The van der Waals surface area contributed by atoms with E-state index in [4.69, 9.17) is 42.6 Å². The number of carbonyl (C=O) groups is 2. The molecule has 1 aromatic heterocycles. The number of esters is 2. The number of aliphatic hydroxyl groups is 8. The van der Waals surface area contributed by atoms with Gasteiger partial charge in [0.2, 0.25) is 0 Å². The van der Waals surface area contributed by atoms with E-state index in [1.54, 1.807) is 6.20 Å². The van der Waals surface area contributed by atoms with Crippen LogP contribution in [0.4, 0.5) is 0 Å². The van der Waals surface area contributed by atoms with Crippen LogP contribution < -0.4 is 0 Å². The number of aliphatic hydroxyl groups excluding tert-OH is 8. The highest BCUT2D eigenvalue weighted by molar-refractivity contribution is 5.69. The lowest BCUT2D eigenvalue weighted by Crippen LogP contribution is -2.37. The van der Waals surface area contributed by atoms with Gasteiger partial charge in [-0.2, -0.15) is 0 Å². The van der Waals surface area contributed by atoms with Crippen molar-refractivity contribution in [2.45, 2.75) is 275 Å². The van der Waals surface area contributed by atoms with Crippen molar-refractivity contribution < 1.29 is 93.1 Å². The largest absolute Gasteiger partial charge is 0.463 e. The van der Waals surface area contributed by atoms with Gasteiger partial charge in [0.05, 0.1) is 105 Å². The second-order valence-corrected chi connectivity index (χ2v) is 22.9. The second-order valence-electron chi connectivity index (χ2n) is 22.9. The quantitative estimate of drug-likeness (QED) is 0.0230. The van der Waals surface area contributed by atoms with E-state index in [-0.39, 0.29) is 111 Å². The zero-order valence-corrected chi connectivity index (χ0v) is 52.8. The molecule has 4 unspecified atom stereocenters. The molecule has 0 aromatic carbocycles. The van der Waals surface area contributed by atoms with Crippen molar-refractivity contribution in [3.8, 4) is 0 Å². The monoisotopic (exact) mass is 1220 g/mol. The molecule has 0 amide bonds. The minimum absolute atomic E-state index is 0.103. The van der Waals surface area contributed by atoms with Crippen LogP contribution in [-0.2, 0) is 58.8 Å². The van der Waals surface area contributed by atoms with E-state index in [1.807, 2.05) is 0 Å². The molecule has 0 saturated heterocycles. The summed E-state index contributed by atoms with van der Waals surface area (Å²) < 4.78 is 53.9.